The number of carbonyl (C=O) groups is 1. The fourth-order valence-electron chi connectivity index (χ4n) is 2.41. The number of allylic oxidation sites excluding steroid dienone is 1. The average molecular weight is 258 g/mol. The highest BCUT2D eigenvalue weighted by Gasteiger charge is 2.29. The second-order valence-corrected chi connectivity index (χ2v) is 4.40. The smallest absolute Gasteiger partial charge is 0.332 e. The minimum absolute atomic E-state index is 0.234. The summed E-state index contributed by atoms with van der Waals surface area (Å²) >= 11 is 0. The summed E-state index contributed by atoms with van der Waals surface area (Å²) in [6.07, 6.45) is 1.39. The number of aliphatic carboxylic acids is 1. The molecular formula is C13H10N2O4. The first-order valence-corrected chi connectivity index (χ1v) is 5.70. The summed E-state index contributed by atoms with van der Waals surface area (Å²) in [5.74, 6) is -1.16. The predicted octanol–water partition coefficient (Wildman–Crippen LogP) is 0.663. The van der Waals surface area contributed by atoms with Crippen LogP contribution in [0.2, 0.25) is 0 Å². The van der Waals surface area contributed by atoms with Crippen LogP contribution in [0.25, 0.3) is 16.5 Å². The normalized spacial score (nSPS) is 17.3. The van der Waals surface area contributed by atoms with Crippen molar-refractivity contribution in [1.82, 2.24) is 9.36 Å². The lowest BCUT2D eigenvalue weighted by molar-refractivity contribution is -0.139. The first-order valence-electron chi connectivity index (χ1n) is 5.70. The molecule has 1 aromatic heterocycles. The van der Waals surface area contributed by atoms with E-state index in [1.54, 1.807) is 25.1 Å². The maximum Gasteiger partial charge on any atom is 0.332 e. The Morgan fingerprint density at radius 3 is 2.32 bits per heavy atom. The molecule has 6 heteroatoms. The van der Waals surface area contributed by atoms with E-state index in [1.165, 1.54) is 12.1 Å². The molecule has 1 aromatic carbocycles. The Kier molecular flexibility index (Phi) is 2.22. The van der Waals surface area contributed by atoms with Gasteiger partial charge in [0.2, 0.25) is 0 Å². The lowest BCUT2D eigenvalue weighted by atomic mass is 10.2. The minimum Gasteiger partial charge on any atom is -0.479 e. The number of benzene rings is 1. The van der Waals surface area contributed by atoms with Gasteiger partial charge < -0.3 is 5.11 Å². The maximum atomic E-state index is 12.3. The zero-order chi connectivity index (χ0) is 13.7. The zero-order valence-electron chi connectivity index (χ0n) is 10.0. The molecule has 0 spiro atoms. The summed E-state index contributed by atoms with van der Waals surface area (Å²) in [6, 6.07) is 5.27. The molecule has 1 aliphatic heterocycles. The first kappa shape index (κ1) is 11.5. The molecule has 3 rings (SSSR count). The van der Waals surface area contributed by atoms with Crippen LogP contribution in [0.5, 0.6) is 0 Å². The predicted molar refractivity (Wildman–Crippen MR) is 69.1 cm³/mol. The van der Waals surface area contributed by atoms with Gasteiger partial charge in [-0.2, -0.15) is 0 Å². The summed E-state index contributed by atoms with van der Waals surface area (Å²) in [4.78, 5) is 35.8. The van der Waals surface area contributed by atoms with Crippen LogP contribution in [-0.2, 0) is 4.79 Å². The summed E-state index contributed by atoms with van der Waals surface area (Å²) < 4.78 is 2.12. The molecule has 0 radical (unpaired) electrons. The fraction of sp³-hybridized carbons (Fsp3) is 0.154. The lowest BCUT2D eigenvalue weighted by Crippen LogP contribution is -2.38. The summed E-state index contributed by atoms with van der Waals surface area (Å²) in [5, 5.41) is 9.67. The van der Waals surface area contributed by atoms with E-state index in [0.29, 0.717) is 11.1 Å². The number of nitrogens with zero attached hydrogens (tertiary/aromatic N) is 2. The molecular weight excluding hydrogens is 248 g/mol. The van der Waals surface area contributed by atoms with Crippen molar-refractivity contribution in [1.29, 1.82) is 0 Å². The van der Waals surface area contributed by atoms with Crippen molar-refractivity contribution in [2.75, 3.05) is 0 Å². The molecule has 1 aliphatic rings. The number of aromatic nitrogens is 2. The van der Waals surface area contributed by atoms with Crippen LogP contribution >= 0.6 is 0 Å². The van der Waals surface area contributed by atoms with Crippen molar-refractivity contribution in [2.24, 2.45) is 0 Å². The Morgan fingerprint density at radius 1 is 1.16 bits per heavy atom. The SMILES string of the molecule is CC1=CC(C(=O)O)n2c(=O)c3ccccc3c(=O)n21. The number of hydrogen-bond acceptors (Lipinski definition) is 3. The van der Waals surface area contributed by atoms with Crippen LogP contribution in [0.4, 0.5) is 0 Å². The van der Waals surface area contributed by atoms with Gasteiger partial charge in [-0.05, 0) is 25.1 Å². The van der Waals surface area contributed by atoms with Gasteiger partial charge >= 0.3 is 5.97 Å². The topological polar surface area (TPSA) is 81.3 Å². The Balaban J connectivity index is 2.55. The number of carboxylic acid groups (broad SMARTS) is 1. The van der Waals surface area contributed by atoms with Crippen molar-refractivity contribution in [3.05, 3.63) is 51.0 Å². The van der Waals surface area contributed by atoms with Gasteiger partial charge in [0.25, 0.3) is 11.1 Å². The van der Waals surface area contributed by atoms with Crippen molar-refractivity contribution in [3.63, 3.8) is 0 Å². The van der Waals surface area contributed by atoms with Crippen molar-refractivity contribution >= 4 is 22.4 Å². The van der Waals surface area contributed by atoms with Crippen LogP contribution in [0.15, 0.2) is 39.9 Å². The van der Waals surface area contributed by atoms with Gasteiger partial charge in [0, 0.05) is 5.70 Å². The highest BCUT2D eigenvalue weighted by Crippen LogP contribution is 2.20. The number of carboxylic acids is 1. The van der Waals surface area contributed by atoms with Crippen LogP contribution in [0, 0.1) is 0 Å². The third-order valence-electron chi connectivity index (χ3n) is 3.25. The largest absolute Gasteiger partial charge is 0.479 e. The third kappa shape index (κ3) is 1.40. The lowest BCUT2D eigenvalue weighted by Gasteiger charge is -2.12. The van der Waals surface area contributed by atoms with E-state index in [9.17, 15) is 14.4 Å². The maximum absolute atomic E-state index is 12.3. The molecule has 1 N–H and O–H groups in total. The molecule has 0 bridgehead atoms. The Labute approximate surface area is 106 Å². The van der Waals surface area contributed by atoms with Gasteiger partial charge in [-0.1, -0.05) is 12.1 Å². The monoisotopic (exact) mass is 258 g/mol. The molecule has 0 fully saturated rings. The van der Waals surface area contributed by atoms with Gasteiger partial charge in [-0.3, -0.25) is 9.59 Å². The average Bonchev–Trinajstić information content (AvgIpc) is 2.74. The zero-order valence-corrected chi connectivity index (χ0v) is 10.0. The molecule has 6 nitrogen and oxygen atoms in total. The molecule has 96 valence electrons. The molecule has 0 aliphatic carbocycles. The quantitative estimate of drug-likeness (QED) is 0.814. The van der Waals surface area contributed by atoms with E-state index < -0.39 is 17.6 Å². The van der Waals surface area contributed by atoms with Gasteiger partial charge in [-0.25, -0.2) is 14.2 Å². The second-order valence-electron chi connectivity index (χ2n) is 4.40. The summed E-state index contributed by atoms with van der Waals surface area (Å²) in [6.45, 7) is 1.61. The van der Waals surface area contributed by atoms with Gasteiger partial charge in [-0.15, -0.1) is 0 Å². The van der Waals surface area contributed by atoms with E-state index in [2.05, 4.69) is 0 Å². The van der Waals surface area contributed by atoms with Crippen LogP contribution in [0.1, 0.15) is 13.0 Å². The van der Waals surface area contributed by atoms with Crippen molar-refractivity contribution < 1.29 is 9.90 Å². The van der Waals surface area contributed by atoms with E-state index in [-0.39, 0.29) is 10.9 Å². The number of fused-ring (bicyclic) bond motifs is 2. The number of rotatable bonds is 1. The molecule has 1 unspecified atom stereocenters. The van der Waals surface area contributed by atoms with Crippen LogP contribution < -0.4 is 11.1 Å². The van der Waals surface area contributed by atoms with E-state index in [0.717, 1.165) is 9.36 Å². The molecule has 2 aromatic rings. The first-order chi connectivity index (χ1) is 9.02. The molecule has 1 atom stereocenters. The highest BCUT2D eigenvalue weighted by atomic mass is 16.4. The Morgan fingerprint density at radius 2 is 1.74 bits per heavy atom. The van der Waals surface area contributed by atoms with Crippen LogP contribution in [-0.4, -0.2) is 20.4 Å². The van der Waals surface area contributed by atoms with E-state index in [1.807, 2.05) is 0 Å². The summed E-state index contributed by atoms with van der Waals surface area (Å²) in [5.41, 5.74) is -0.413. The minimum atomic E-state index is -1.16. The van der Waals surface area contributed by atoms with E-state index in [4.69, 9.17) is 5.11 Å². The van der Waals surface area contributed by atoms with E-state index >= 15 is 0 Å². The fourth-order valence-corrected chi connectivity index (χ4v) is 2.41. The third-order valence-corrected chi connectivity index (χ3v) is 3.25. The summed E-state index contributed by atoms with van der Waals surface area (Å²) in [7, 11) is 0. The molecule has 0 saturated heterocycles. The second kappa shape index (κ2) is 3.68. The molecule has 0 amide bonds. The number of hydrogen-bond donors (Lipinski definition) is 1. The molecule has 19 heavy (non-hydrogen) atoms. The Hall–Kier alpha value is -2.63. The van der Waals surface area contributed by atoms with Gasteiger partial charge in [0.1, 0.15) is 0 Å². The van der Waals surface area contributed by atoms with Crippen LogP contribution in [0.3, 0.4) is 0 Å². The van der Waals surface area contributed by atoms with Gasteiger partial charge in [0.05, 0.1) is 10.8 Å². The van der Waals surface area contributed by atoms with Crippen molar-refractivity contribution in [2.45, 2.75) is 13.0 Å². The standard InChI is InChI=1S/C13H10N2O4/c1-7-6-10(13(18)19)15-12(17)9-5-3-2-4-8(9)11(16)14(7)15/h2-6,10H,1H3,(H,18,19). The van der Waals surface area contributed by atoms with Crippen molar-refractivity contribution in [3.8, 4) is 0 Å². The molecule has 0 saturated carbocycles. The highest BCUT2D eigenvalue weighted by molar-refractivity contribution is 5.83. The molecule has 2 heterocycles. The van der Waals surface area contributed by atoms with Gasteiger partial charge in [0.15, 0.2) is 6.04 Å². The Bertz CT molecular complexity index is 857.